The summed E-state index contributed by atoms with van der Waals surface area (Å²) in [5.41, 5.74) is 3.81. The summed E-state index contributed by atoms with van der Waals surface area (Å²) in [5.74, 6) is 1.80. The lowest BCUT2D eigenvalue weighted by atomic mass is 9.50. The van der Waals surface area contributed by atoms with Crippen LogP contribution in [-0.4, -0.2) is 5.97 Å². The van der Waals surface area contributed by atoms with Gasteiger partial charge in [0.15, 0.2) is 0 Å². The van der Waals surface area contributed by atoms with Crippen molar-refractivity contribution in [2.75, 3.05) is 0 Å². The zero-order chi connectivity index (χ0) is 15.7. The molecule has 0 bridgehead atoms. The number of carbonyl (C=O) groups is 1. The van der Waals surface area contributed by atoms with E-state index >= 15 is 0 Å². The highest BCUT2D eigenvalue weighted by atomic mass is 16.5. The Morgan fingerprint density at radius 1 is 1.23 bits per heavy atom. The second-order valence-corrected chi connectivity index (χ2v) is 8.50. The maximum Gasteiger partial charge on any atom is 0.322 e. The van der Waals surface area contributed by atoms with Gasteiger partial charge in [0.05, 0.1) is 0 Å². The molecule has 0 N–H and O–H groups in total. The van der Waals surface area contributed by atoms with Crippen LogP contribution in [0.15, 0.2) is 12.1 Å². The van der Waals surface area contributed by atoms with Gasteiger partial charge >= 0.3 is 5.97 Å². The van der Waals surface area contributed by atoms with E-state index in [2.05, 4.69) is 39.8 Å². The molecule has 1 spiro atoms. The first-order valence-electron chi connectivity index (χ1n) is 8.76. The predicted octanol–water partition coefficient (Wildman–Crippen LogP) is 4.74. The summed E-state index contributed by atoms with van der Waals surface area (Å²) in [5, 5.41) is 0. The second-order valence-electron chi connectivity index (χ2n) is 8.50. The third kappa shape index (κ3) is 1.64. The number of rotatable bonds is 1. The molecule has 22 heavy (non-hydrogen) atoms. The fourth-order valence-electron chi connectivity index (χ4n) is 5.43. The summed E-state index contributed by atoms with van der Waals surface area (Å²) in [6.45, 7) is 9.10. The molecule has 1 aromatic rings. The maximum absolute atomic E-state index is 13.0. The van der Waals surface area contributed by atoms with Crippen LogP contribution < -0.4 is 4.74 Å². The molecule has 0 amide bonds. The van der Waals surface area contributed by atoms with Gasteiger partial charge in [-0.25, -0.2) is 0 Å². The van der Waals surface area contributed by atoms with Crippen LogP contribution in [0.5, 0.6) is 5.75 Å². The zero-order valence-corrected chi connectivity index (χ0v) is 14.2. The maximum atomic E-state index is 13.0. The molecule has 4 rings (SSSR count). The van der Waals surface area contributed by atoms with Gasteiger partial charge in [-0.3, -0.25) is 4.79 Å². The Bertz CT molecular complexity index is 656. The molecule has 2 atom stereocenters. The Balaban J connectivity index is 1.95. The first-order valence-corrected chi connectivity index (χ1v) is 8.76. The van der Waals surface area contributed by atoms with Crippen molar-refractivity contribution in [3.05, 3.63) is 28.8 Å². The monoisotopic (exact) mass is 298 g/mol. The first-order chi connectivity index (χ1) is 10.4. The molecule has 3 aliphatic rings. The molecule has 118 valence electrons. The van der Waals surface area contributed by atoms with Crippen LogP contribution >= 0.6 is 0 Å². The summed E-state index contributed by atoms with van der Waals surface area (Å²) < 4.78 is 5.84. The Morgan fingerprint density at radius 2 is 2.00 bits per heavy atom. The highest BCUT2D eigenvalue weighted by Gasteiger charge is 2.61. The van der Waals surface area contributed by atoms with Crippen molar-refractivity contribution in [3.8, 4) is 5.75 Å². The average molecular weight is 298 g/mol. The van der Waals surface area contributed by atoms with Gasteiger partial charge in [0.25, 0.3) is 0 Å². The Kier molecular flexibility index (Phi) is 2.84. The summed E-state index contributed by atoms with van der Waals surface area (Å²) in [6.07, 6.45) is 5.54. The lowest BCUT2D eigenvalue weighted by Crippen LogP contribution is -2.52. The topological polar surface area (TPSA) is 26.3 Å². The quantitative estimate of drug-likeness (QED) is 0.553. The molecule has 1 fully saturated rings. The number of aryl methyl sites for hydroxylation is 1. The van der Waals surface area contributed by atoms with Gasteiger partial charge in [-0.1, -0.05) is 40.2 Å². The second kappa shape index (κ2) is 4.37. The van der Waals surface area contributed by atoms with E-state index < -0.39 is 0 Å². The van der Waals surface area contributed by atoms with E-state index in [0.717, 1.165) is 31.4 Å². The summed E-state index contributed by atoms with van der Waals surface area (Å²) in [6, 6.07) is 4.46. The highest BCUT2D eigenvalue weighted by Crippen LogP contribution is 2.62. The van der Waals surface area contributed by atoms with E-state index in [1.807, 2.05) is 0 Å². The predicted molar refractivity (Wildman–Crippen MR) is 87.3 cm³/mol. The molecule has 1 heterocycles. The third-order valence-corrected chi connectivity index (χ3v) is 6.52. The van der Waals surface area contributed by atoms with Crippen molar-refractivity contribution in [3.63, 3.8) is 0 Å². The average Bonchev–Trinajstić information content (AvgIpc) is 2.72. The summed E-state index contributed by atoms with van der Waals surface area (Å²) >= 11 is 0. The fourth-order valence-corrected chi connectivity index (χ4v) is 5.43. The molecule has 0 saturated heterocycles. The molecular formula is C20H26O2. The summed E-state index contributed by atoms with van der Waals surface area (Å²) in [7, 11) is 0. The van der Waals surface area contributed by atoms with Crippen molar-refractivity contribution in [2.45, 2.75) is 71.1 Å². The SMILES string of the molecule is CC(C)c1cc2c3c(c1)OC(=O)[C@@]31CCCC(C)(C)[C@@H]1CC2. The lowest BCUT2D eigenvalue weighted by molar-refractivity contribution is -0.145. The zero-order valence-electron chi connectivity index (χ0n) is 14.2. The minimum atomic E-state index is -0.347. The number of hydrogen-bond acceptors (Lipinski definition) is 2. The Labute approximate surface area is 133 Å². The van der Waals surface area contributed by atoms with Crippen LogP contribution in [0.2, 0.25) is 0 Å². The molecular weight excluding hydrogens is 272 g/mol. The van der Waals surface area contributed by atoms with E-state index in [1.165, 1.54) is 23.1 Å². The van der Waals surface area contributed by atoms with Gasteiger partial charge in [-0.05, 0) is 60.1 Å². The molecule has 1 aliphatic heterocycles. The highest BCUT2D eigenvalue weighted by molar-refractivity contribution is 5.92. The minimum absolute atomic E-state index is 0.0298. The van der Waals surface area contributed by atoms with Gasteiger partial charge in [0.1, 0.15) is 11.2 Å². The molecule has 0 radical (unpaired) electrons. The largest absolute Gasteiger partial charge is 0.426 e. The first kappa shape index (κ1) is 14.3. The van der Waals surface area contributed by atoms with Crippen LogP contribution in [-0.2, 0) is 16.6 Å². The van der Waals surface area contributed by atoms with Crippen molar-refractivity contribution in [1.82, 2.24) is 0 Å². The van der Waals surface area contributed by atoms with Crippen LogP contribution in [0.4, 0.5) is 0 Å². The number of benzene rings is 1. The number of carbonyl (C=O) groups excluding carboxylic acids is 1. The van der Waals surface area contributed by atoms with Crippen molar-refractivity contribution < 1.29 is 9.53 Å². The number of ether oxygens (including phenoxy) is 1. The minimum Gasteiger partial charge on any atom is -0.426 e. The summed E-state index contributed by atoms with van der Waals surface area (Å²) in [4.78, 5) is 13.0. The molecule has 1 aromatic carbocycles. The Morgan fingerprint density at radius 3 is 2.73 bits per heavy atom. The Hall–Kier alpha value is -1.31. The smallest absolute Gasteiger partial charge is 0.322 e. The number of esters is 1. The van der Waals surface area contributed by atoms with E-state index in [4.69, 9.17) is 4.74 Å². The van der Waals surface area contributed by atoms with Crippen LogP contribution in [0.1, 0.15) is 76.0 Å². The van der Waals surface area contributed by atoms with Crippen LogP contribution in [0.25, 0.3) is 0 Å². The van der Waals surface area contributed by atoms with Crippen molar-refractivity contribution >= 4 is 5.97 Å². The normalized spacial score (nSPS) is 31.7. The van der Waals surface area contributed by atoms with E-state index in [1.54, 1.807) is 0 Å². The molecule has 2 aliphatic carbocycles. The molecule has 2 nitrogen and oxygen atoms in total. The van der Waals surface area contributed by atoms with E-state index in [-0.39, 0.29) is 16.8 Å². The van der Waals surface area contributed by atoms with E-state index in [9.17, 15) is 4.79 Å². The standard InChI is InChI=1S/C20H26O2/c1-12(2)14-10-13-6-7-16-19(3,4)8-5-9-20(16)17(13)15(11-14)22-18(20)21/h10-12,16H,5-9H2,1-4H3/t16-,20+/m0/s1. The van der Waals surface area contributed by atoms with Gasteiger partial charge in [-0.15, -0.1) is 0 Å². The molecule has 0 unspecified atom stereocenters. The van der Waals surface area contributed by atoms with Gasteiger partial charge in [0.2, 0.25) is 0 Å². The molecule has 1 saturated carbocycles. The molecule has 2 heteroatoms. The molecule has 0 aromatic heterocycles. The van der Waals surface area contributed by atoms with Gasteiger partial charge < -0.3 is 4.74 Å². The lowest BCUT2D eigenvalue weighted by Gasteiger charge is -2.51. The van der Waals surface area contributed by atoms with Gasteiger partial charge in [-0.2, -0.15) is 0 Å². The van der Waals surface area contributed by atoms with Crippen molar-refractivity contribution in [2.24, 2.45) is 11.3 Å². The van der Waals surface area contributed by atoms with Crippen molar-refractivity contribution in [1.29, 1.82) is 0 Å². The van der Waals surface area contributed by atoms with E-state index in [0.29, 0.717) is 11.8 Å². The third-order valence-electron chi connectivity index (χ3n) is 6.52. The number of hydrogen-bond donors (Lipinski definition) is 0. The fraction of sp³-hybridized carbons (Fsp3) is 0.650. The van der Waals surface area contributed by atoms with Crippen LogP contribution in [0, 0.1) is 11.3 Å². The van der Waals surface area contributed by atoms with Crippen LogP contribution in [0.3, 0.4) is 0 Å². The van der Waals surface area contributed by atoms with Gasteiger partial charge in [0, 0.05) is 5.56 Å².